The van der Waals surface area contributed by atoms with Gasteiger partial charge in [0.1, 0.15) is 12.1 Å². The van der Waals surface area contributed by atoms with Gasteiger partial charge < -0.3 is 5.32 Å². The van der Waals surface area contributed by atoms with E-state index in [1.54, 1.807) is 6.33 Å². The highest BCUT2D eigenvalue weighted by Gasteiger charge is 2.32. The van der Waals surface area contributed by atoms with Crippen molar-refractivity contribution in [2.24, 2.45) is 0 Å². The van der Waals surface area contributed by atoms with Crippen molar-refractivity contribution < 1.29 is 0 Å². The summed E-state index contributed by atoms with van der Waals surface area (Å²) in [5.74, 6) is 1.05. The van der Waals surface area contributed by atoms with Crippen LogP contribution in [0.3, 0.4) is 0 Å². The number of anilines is 1. The second-order valence-electron chi connectivity index (χ2n) is 5.40. The highest BCUT2D eigenvalue weighted by molar-refractivity contribution is 8.00. The van der Waals surface area contributed by atoms with Gasteiger partial charge in [0.2, 0.25) is 0 Å². The van der Waals surface area contributed by atoms with E-state index in [2.05, 4.69) is 40.7 Å². The Morgan fingerprint density at radius 1 is 1.37 bits per heavy atom. The van der Waals surface area contributed by atoms with Crippen molar-refractivity contribution in [1.29, 1.82) is 0 Å². The first-order valence-corrected chi connectivity index (χ1v) is 8.04. The number of hydrogen-bond donors (Lipinski definition) is 1. The molecule has 5 heteroatoms. The number of rotatable bonds is 4. The third-order valence-electron chi connectivity index (χ3n) is 4.06. The molecule has 0 bridgehead atoms. The molecule has 0 radical (unpaired) electrons. The van der Waals surface area contributed by atoms with Gasteiger partial charge >= 0.3 is 0 Å². The number of nitrogens with zero attached hydrogens (tertiary/aromatic N) is 3. The lowest BCUT2D eigenvalue weighted by Gasteiger charge is -2.27. The standard InChI is InChI=1S/C14H20N4S/c1-11-7-12(18-13(8-11)16-10-17-18)15-9-14(19-2)5-3-4-6-14/h7-8,10,15H,3-6,9H2,1-2H3. The van der Waals surface area contributed by atoms with Crippen LogP contribution in [0.25, 0.3) is 5.65 Å². The van der Waals surface area contributed by atoms with E-state index < -0.39 is 0 Å². The Kier molecular flexibility index (Phi) is 3.39. The average Bonchev–Trinajstić information content (AvgIpc) is 3.05. The Hall–Kier alpha value is -1.23. The van der Waals surface area contributed by atoms with E-state index in [1.807, 2.05) is 16.3 Å². The summed E-state index contributed by atoms with van der Waals surface area (Å²) in [5, 5.41) is 7.88. The molecular formula is C14H20N4S. The van der Waals surface area contributed by atoms with E-state index >= 15 is 0 Å². The first kappa shape index (κ1) is 12.8. The molecule has 0 aromatic carbocycles. The molecule has 2 heterocycles. The van der Waals surface area contributed by atoms with Gasteiger partial charge in [-0.15, -0.1) is 0 Å². The van der Waals surface area contributed by atoms with Crippen LogP contribution in [0.1, 0.15) is 31.2 Å². The van der Waals surface area contributed by atoms with E-state index in [1.165, 1.54) is 31.2 Å². The molecule has 1 aliphatic rings. The predicted octanol–water partition coefficient (Wildman–Crippen LogP) is 3.13. The van der Waals surface area contributed by atoms with Crippen molar-refractivity contribution in [2.75, 3.05) is 18.1 Å². The lowest BCUT2D eigenvalue weighted by atomic mass is 10.1. The Bertz CT molecular complexity index is 572. The number of nitrogens with one attached hydrogen (secondary N) is 1. The molecule has 1 fully saturated rings. The Morgan fingerprint density at radius 3 is 2.89 bits per heavy atom. The molecule has 0 unspecified atom stereocenters. The van der Waals surface area contributed by atoms with E-state index in [4.69, 9.17) is 0 Å². The normalized spacial score (nSPS) is 18.0. The highest BCUT2D eigenvalue weighted by atomic mass is 32.2. The van der Waals surface area contributed by atoms with Gasteiger partial charge in [-0.1, -0.05) is 12.8 Å². The van der Waals surface area contributed by atoms with Crippen molar-refractivity contribution in [3.05, 3.63) is 24.0 Å². The molecule has 1 aliphatic carbocycles. The zero-order valence-corrected chi connectivity index (χ0v) is 12.3. The van der Waals surface area contributed by atoms with E-state index in [-0.39, 0.29) is 0 Å². The van der Waals surface area contributed by atoms with Crippen LogP contribution in [0.2, 0.25) is 0 Å². The quantitative estimate of drug-likeness (QED) is 0.931. The second kappa shape index (κ2) is 5.04. The number of fused-ring (bicyclic) bond motifs is 1. The molecule has 102 valence electrons. The van der Waals surface area contributed by atoms with Crippen LogP contribution in [0.4, 0.5) is 5.82 Å². The zero-order chi connectivity index (χ0) is 13.3. The summed E-state index contributed by atoms with van der Waals surface area (Å²) in [4.78, 5) is 4.26. The SMILES string of the molecule is CSC1(CNc2cc(C)cc3ncnn23)CCCC1. The molecule has 0 saturated heterocycles. The van der Waals surface area contributed by atoms with E-state index in [9.17, 15) is 0 Å². The Labute approximate surface area is 118 Å². The summed E-state index contributed by atoms with van der Waals surface area (Å²) >= 11 is 2.00. The van der Waals surface area contributed by atoms with Crippen LogP contribution >= 0.6 is 11.8 Å². The van der Waals surface area contributed by atoms with Crippen molar-refractivity contribution in [1.82, 2.24) is 14.6 Å². The van der Waals surface area contributed by atoms with Crippen LogP contribution in [0, 0.1) is 6.92 Å². The molecule has 0 spiro atoms. The second-order valence-corrected chi connectivity index (χ2v) is 6.67. The first-order valence-electron chi connectivity index (χ1n) is 6.82. The topological polar surface area (TPSA) is 42.2 Å². The van der Waals surface area contributed by atoms with Crippen LogP contribution in [0.5, 0.6) is 0 Å². The Morgan fingerprint density at radius 2 is 2.16 bits per heavy atom. The molecule has 4 nitrogen and oxygen atoms in total. The van der Waals surface area contributed by atoms with Crippen molar-refractivity contribution in [2.45, 2.75) is 37.4 Å². The largest absolute Gasteiger partial charge is 0.369 e. The fourth-order valence-electron chi connectivity index (χ4n) is 2.91. The fraction of sp³-hybridized carbons (Fsp3) is 0.571. The highest BCUT2D eigenvalue weighted by Crippen LogP contribution is 2.40. The molecule has 1 saturated carbocycles. The number of pyridine rings is 1. The van der Waals surface area contributed by atoms with Crippen molar-refractivity contribution in [3.63, 3.8) is 0 Å². The molecule has 0 atom stereocenters. The van der Waals surface area contributed by atoms with Crippen molar-refractivity contribution in [3.8, 4) is 0 Å². The van der Waals surface area contributed by atoms with E-state index in [0.717, 1.165) is 18.0 Å². The smallest absolute Gasteiger partial charge is 0.157 e. The average molecular weight is 276 g/mol. The lowest BCUT2D eigenvalue weighted by Crippen LogP contribution is -2.30. The molecule has 0 aliphatic heterocycles. The molecular weight excluding hydrogens is 256 g/mol. The van der Waals surface area contributed by atoms with Crippen molar-refractivity contribution >= 4 is 23.2 Å². The fourth-order valence-corrected chi connectivity index (χ4v) is 3.82. The van der Waals surface area contributed by atoms with Gasteiger partial charge in [-0.25, -0.2) is 4.98 Å². The third kappa shape index (κ3) is 2.43. The molecule has 3 rings (SSSR count). The first-order chi connectivity index (χ1) is 9.22. The third-order valence-corrected chi connectivity index (χ3v) is 5.48. The minimum absolute atomic E-state index is 0.399. The Balaban J connectivity index is 1.83. The van der Waals surface area contributed by atoms with Gasteiger partial charge in [0.15, 0.2) is 5.65 Å². The predicted molar refractivity (Wildman–Crippen MR) is 80.9 cm³/mol. The number of aromatic nitrogens is 3. The molecule has 2 aromatic heterocycles. The molecule has 0 amide bonds. The van der Waals surface area contributed by atoms with Crippen LogP contribution in [0.15, 0.2) is 18.5 Å². The molecule has 1 N–H and O–H groups in total. The maximum atomic E-state index is 4.29. The summed E-state index contributed by atoms with van der Waals surface area (Å²) in [5.41, 5.74) is 2.12. The van der Waals surface area contributed by atoms with Gasteiger partial charge in [0.05, 0.1) is 0 Å². The summed E-state index contributed by atoms with van der Waals surface area (Å²) in [7, 11) is 0. The maximum absolute atomic E-state index is 4.29. The summed E-state index contributed by atoms with van der Waals surface area (Å²) in [6.07, 6.45) is 9.18. The number of aryl methyl sites for hydroxylation is 1. The maximum Gasteiger partial charge on any atom is 0.157 e. The minimum atomic E-state index is 0.399. The summed E-state index contributed by atoms with van der Waals surface area (Å²) in [6, 6.07) is 4.20. The summed E-state index contributed by atoms with van der Waals surface area (Å²) < 4.78 is 2.28. The molecule has 19 heavy (non-hydrogen) atoms. The van der Waals surface area contributed by atoms with Gasteiger partial charge in [0.25, 0.3) is 0 Å². The van der Waals surface area contributed by atoms with Gasteiger partial charge in [-0.3, -0.25) is 0 Å². The number of thioether (sulfide) groups is 1. The van der Waals surface area contributed by atoms with Crippen LogP contribution in [-0.2, 0) is 0 Å². The monoisotopic (exact) mass is 276 g/mol. The summed E-state index contributed by atoms with van der Waals surface area (Å²) in [6.45, 7) is 3.10. The molecule has 2 aromatic rings. The van der Waals surface area contributed by atoms with Gasteiger partial charge in [0, 0.05) is 11.3 Å². The van der Waals surface area contributed by atoms with Gasteiger partial charge in [-0.05, 0) is 43.7 Å². The van der Waals surface area contributed by atoms with Crippen LogP contribution in [-0.4, -0.2) is 32.1 Å². The zero-order valence-electron chi connectivity index (χ0n) is 11.5. The number of hydrogen-bond acceptors (Lipinski definition) is 4. The van der Waals surface area contributed by atoms with Crippen LogP contribution < -0.4 is 5.32 Å². The van der Waals surface area contributed by atoms with Gasteiger partial charge in [-0.2, -0.15) is 21.4 Å². The lowest BCUT2D eigenvalue weighted by molar-refractivity contribution is 0.637. The minimum Gasteiger partial charge on any atom is -0.369 e. The van der Waals surface area contributed by atoms with E-state index in [0.29, 0.717) is 4.75 Å².